The Kier molecular flexibility index (Phi) is 6.47. The van der Waals surface area contributed by atoms with Crippen molar-refractivity contribution in [3.8, 4) is 17.6 Å². The lowest BCUT2D eigenvalue weighted by Gasteiger charge is -2.12. The normalized spacial score (nSPS) is 10.7. The van der Waals surface area contributed by atoms with E-state index in [-0.39, 0.29) is 18.1 Å². The first kappa shape index (κ1) is 21.7. The van der Waals surface area contributed by atoms with Crippen LogP contribution in [0.25, 0.3) is 0 Å². The van der Waals surface area contributed by atoms with E-state index >= 15 is 0 Å². The van der Waals surface area contributed by atoms with Crippen LogP contribution in [0.5, 0.6) is 11.5 Å². The fraction of sp³-hybridized carbons (Fsp3) is 0.143. The molecule has 31 heavy (non-hydrogen) atoms. The van der Waals surface area contributed by atoms with Crippen molar-refractivity contribution in [1.82, 2.24) is 0 Å². The predicted molar refractivity (Wildman–Crippen MR) is 114 cm³/mol. The van der Waals surface area contributed by atoms with Crippen LogP contribution in [0.4, 0.5) is 11.4 Å². The van der Waals surface area contributed by atoms with Gasteiger partial charge in [-0.1, -0.05) is 12.1 Å². The van der Waals surface area contributed by atoms with Gasteiger partial charge >= 0.3 is 0 Å². The third-order valence-electron chi connectivity index (χ3n) is 4.02. The molecule has 10 heteroatoms. The Labute approximate surface area is 179 Å². The molecule has 1 amide bonds. The van der Waals surface area contributed by atoms with Gasteiger partial charge in [0, 0.05) is 5.69 Å². The number of furan rings is 1. The van der Waals surface area contributed by atoms with E-state index in [1.165, 1.54) is 25.3 Å². The second kappa shape index (κ2) is 9.23. The van der Waals surface area contributed by atoms with E-state index in [9.17, 15) is 13.2 Å². The first-order chi connectivity index (χ1) is 14.8. The van der Waals surface area contributed by atoms with Gasteiger partial charge in [-0.25, -0.2) is 8.42 Å². The number of amides is 1. The Morgan fingerprint density at radius 2 is 1.90 bits per heavy atom. The molecule has 0 spiro atoms. The smallest absolute Gasteiger partial charge is 0.291 e. The number of carbonyl (C=O) groups excluding carboxylic acids is 1. The van der Waals surface area contributed by atoms with E-state index in [0.29, 0.717) is 28.5 Å². The highest BCUT2D eigenvalue weighted by Crippen LogP contribution is 2.29. The standard InChI is InChI=1S/C21H19N3O6S/c1-28-19-9-7-15(11-17(19)24-31(2,26)27)23-21(25)20-10-8-16(30-20)13-29-18-6-4-3-5-14(18)12-22/h3-11,24H,13H2,1-2H3,(H,23,25). The highest BCUT2D eigenvalue weighted by molar-refractivity contribution is 7.92. The molecule has 0 saturated heterocycles. The Balaban J connectivity index is 1.68. The number of nitriles is 1. The number of ether oxygens (including phenoxy) is 2. The Hall–Kier alpha value is -3.97. The largest absolute Gasteiger partial charge is 0.495 e. The molecule has 0 bridgehead atoms. The lowest BCUT2D eigenvalue weighted by molar-refractivity contribution is 0.0992. The van der Waals surface area contributed by atoms with Gasteiger partial charge in [0.1, 0.15) is 29.9 Å². The number of para-hydroxylation sites is 1. The quantitative estimate of drug-likeness (QED) is 0.548. The monoisotopic (exact) mass is 441 g/mol. The molecule has 0 aliphatic heterocycles. The summed E-state index contributed by atoms with van der Waals surface area (Å²) in [6.07, 6.45) is 1.01. The van der Waals surface area contributed by atoms with Crippen LogP contribution in [0.3, 0.4) is 0 Å². The molecule has 1 aromatic heterocycles. The van der Waals surface area contributed by atoms with E-state index in [2.05, 4.69) is 10.0 Å². The van der Waals surface area contributed by atoms with Gasteiger partial charge in [0.05, 0.1) is 24.6 Å². The maximum atomic E-state index is 12.5. The van der Waals surface area contributed by atoms with Crippen molar-refractivity contribution in [2.45, 2.75) is 6.61 Å². The molecule has 3 rings (SSSR count). The molecule has 3 aromatic rings. The van der Waals surface area contributed by atoms with Crippen LogP contribution in [-0.4, -0.2) is 27.7 Å². The number of sulfonamides is 1. The average Bonchev–Trinajstić information content (AvgIpc) is 3.21. The summed E-state index contributed by atoms with van der Waals surface area (Å²) in [5, 5.41) is 11.7. The summed E-state index contributed by atoms with van der Waals surface area (Å²) in [4.78, 5) is 12.5. The molecular formula is C21H19N3O6S. The van der Waals surface area contributed by atoms with Crippen LogP contribution >= 0.6 is 0 Å². The Morgan fingerprint density at radius 3 is 2.61 bits per heavy atom. The molecule has 2 N–H and O–H groups in total. The lowest BCUT2D eigenvalue weighted by atomic mass is 10.2. The van der Waals surface area contributed by atoms with Crippen molar-refractivity contribution in [2.75, 3.05) is 23.4 Å². The molecule has 0 saturated carbocycles. The molecule has 9 nitrogen and oxygen atoms in total. The summed E-state index contributed by atoms with van der Waals surface area (Å²) in [7, 11) is -2.13. The molecule has 0 atom stereocenters. The molecular weight excluding hydrogens is 422 g/mol. The highest BCUT2D eigenvalue weighted by atomic mass is 32.2. The van der Waals surface area contributed by atoms with E-state index in [1.54, 1.807) is 36.4 Å². The van der Waals surface area contributed by atoms with E-state index in [0.717, 1.165) is 6.26 Å². The fourth-order valence-electron chi connectivity index (χ4n) is 2.67. The molecule has 160 valence electrons. The van der Waals surface area contributed by atoms with Crippen molar-refractivity contribution < 1.29 is 27.1 Å². The Morgan fingerprint density at radius 1 is 1.13 bits per heavy atom. The summed E-state index contributed by atoms with van der Waals surface area (Å²) in [5.74, 6) is 0.627. The first-order valence-electron chi connectivity index (χ1n) is 8.97. The molecule has 2 aromatic carbocycles. The summed E-state index contributed by atoms with van der Waals surface area (Å²) in [6, 6.07) is 16.4. The second-order valence-electron chi connectivity index (χ2n) is 6.41. The summed E-state index contributed by atoms with van der Waals surface area (Å²) < 4.78 is 41.6. The van der Waals surface area contributed by atoms with E-state index in [1.807, 2.05) is 6.07 Å². The summed E-state index contributed by atoms with van der Waals surface area (Å²) in [5.41, 5.74) is 0.923. The van der Waals surface area contributed by atoms with Crippen LogP contribution in [0, 0.1) is 11.3 Å². The number of nitrogens with one attached hydrogen (secondary N) is 2. The molecule has 1 heterocycles. The van der Waals surface area contributed by atoms with Crippen LogP contribution in [-0.2, 0) is 16.6 Å². The van der Waals surface area contributed by atoms with Gasteiger partial charge in [0.15, 0.2) is 5.76 Å². The zero-order valence-electron chi connectivity index (χ0n) is 16.7. The third-order valence-corrected chi connectivity index (χ3v) is 4.61. The predicted octanol–water partition coefficient (Wildman–Crippen LogP) is 3.36. The highest BCUT2D eigenvalue weighted by Gasteiger charge is 2.15. The minimum absolute atomic E-state index is 0.0386. The van der Waals surface area contributed by atoms with Gasteiger partial charge < -0.3 is 19.2 Å². The van der Waals surface area contributed by atoms with Gasteiger partial charge in [-0.2, -0.15) is 5.26 Å². The van der Waals surface area contributed by atoms with Gasteiger partial charge in [0.25, 0.3) is 5.91 Å². The number of benzene rings is 2. The van der Waals surface area contributed by atoms with Gasteiger partial charge in [-0.15, -0.1) is 0 Å². The van der Waals surface area contributed by atoms with Crippen molar-refractivity contribution >= 4 is 27.3 Å². The number of nitrogens with zero attached hydrogens (tertiary/aromatic N) is 1. The maximum absolute atomic E-state index is 12.5. The number of rotatable bonds is 8. The average molecular weight is 441 g/mol. The number of hydrogen-bond acceptors (Lipinski definition) is 7. The van der Waals surface area contributed by atoms with Crippen molar-refractivity contribution in [2.24, 2.45) is 0 Å². The number of hydrogen-bond donors (Lipinski definition) is 2. The van der Waals surface area contributed by atoms with Crippen LogP contribution in [0.15, 0.2) is 59.0 Å². The minimum atomic E-state index is -3.53. The summed E-state index contributed by atoms with van der Waals surface area (Å²) >= 11 is 0. The molecule has 0 aliphatic carbocycles. The lowest BCUT2D eigenvalue weighted by Crippen LogP contribution is -2.13. The SMILES string of the molecule is COc1ccc(NC(=O)c2ccc(COc3ccccc3C#N)o2)cc1NS(C)(=O)=O. The molecule has 0 fully saturated rings. The van der Waals surface area contributed by atoms with Crippen LogP contribution < -0.4 is 19.5 Å². The fourth-order valence-corrected chi connectivity index (χ4v) is 3.23. The van der Waals surface area contributed by atoms with Crippen molar-refractivity contribution in [3.63, 3.8) is 0 Å². The van der Waals surface area contributed by atoms with Gasteiger partial charge in [0.2, 0.25) is 10.0 Å². The molecule has 0 radical (unpaired) electrons. The topological polar surface area (TPSA) is 131 Å². The first-order valence-corrected chi connectivity index (χ1v) is 10.9. The Bertz CT molecular complexity index is 1240. The van der Waals surface area contributed by atoms with Crippen LogP contribution in [0.1, 0.15) is 21.9 Å². The van der Waals surface area contributed by atoms with Crippen LogP contribution in [0.2, 0.25) is 0 Å². The van der Waals surface area contributed by atoms with Crippen molar-refractivity contribution in [1.29, 1.82) is 5.26 Å². The van der Waals surface area contributed by atoms with E-state index in [4.69, 9.17) is 19.2 Å². The number of carbonyl (C=O) groups is 1. The summed E-state index contributed by atoms with van der Waals surface area (Å²) in [6.45, 7) is 0.0386. The maximum Gasteiger partial charge on any atom is 0.291 e. The zero-order valence-corrected chi connectivity index (χ0v) is 17.5. The minimum Gasteiger partial charge on any atom is -0.495 e. The van der Waals surface area contributed by atoms with E-state index < -0.39 is 15.9 Å². The van der Waals surface area contributed by atoms with Gasteiger partial charge in [-0.3, -0.25) is 9.52 Å². The number of methoxy groups -OCH3 is 1. The molecule has 0 aliphatic rings. The van der Waals surface area contributed by atoms with Gasteiger partial charge in [-0.05, 0) is 42.5 Å². The second-order valence-corrected chi connectivity index (χ2v) is 8.15. The van der Waals surface area contributed by atoms with Crippen molar-refractivity contribution in [3.05, 3.63) is 71.7 Å². The zero-order chi connectivity index (χ0) is 22.4. The molecule has 0 unspecified atom stereocenters. The number of anilines is 2. The third kappa shape index (κ3) is 5.77.